The summed E-state index contributed by atoms with van der Waals surface area (Å²) >= 11 is 6.35. The smallest absolute Gasteiger partial charge is 0.471 e. The number of carbonyl (C=O) groups excluding carboxylic acids is 3. The number of piperidine rings is 1. The molecule has 3 amide bonds. The third kappa shape index (κ3) is 10.3. The molecule has 2 N–H and O–H groups in total. The van der Waals surface area contributed by atoms with E-state index in [9.17, 15) is 41.2 Å². The fourth-order valence-corrected chi connectivity index (χ4v) is 8.47. The number of alkyl carbamates (subject to hydrolysis) is 1. The van der Waals surface area contributed by atoms with Crippen molar-refractivity contribution in [2.75, 3.05) is 45.8 Å². The predicted octanol–water partition coefficient (Wildman–Crippen LogP) is 4.54. The molecule has 2 fully saturated rings. The van der Waals surface area contributed by atoms with Gasteiger partial charge in [0.2, 0.25) is 15.9 Å². The molecule has 0 radical (unpaired) electrons. The molecule has 3 aliphatic rings. The van der Waals surface area contributed by atoms with Gasteiger partial charge in [0.1, 0.15) is 17.5 Å². The van der Waals surface area contributed by atoms with Gasteiger partial charge in [0.25, 0.3) is 0 Å². The minimum Gasteiger partial charge on any atom is -0.484 e. The Hall–Kier alpha value is -4.11. The first-order chi connectivity index (χ1) is 25.3. The van der Waals surface area contributed by atoms with Crippen molar-refractivity contribution in [1.82, 2.24) is 24.7 Å². The van der Waals surface area contributed by atoms with Gasteiger partial charge in [0.05, 0.1) is 22.6 Å². The molecule has 13 nitrogen and oxygen atoms in total. The zero-order valence-electron chi connectivity index (χ0n) is 30.2. The maximum absolute atomic E-state index is 13.3. The van der Waals surface area contributed by atoms with E-state index in [1.807, 2.05) is 4.90 Å². The summed E-state index contributed by atoms with van der Waals surface area (Å²) in [6.45, 7) is 6.38. The van der Waals surface area contributed by atoms with Gasteiger partial charge in [0.15, 0.2) is 0 Å². The van der Waals surface area contributed by atoms with E-state index >= 15 is 0 Å². The number of carbonyl (C=O) groups is 3. The quantitative estimate of drug-likeness (QED) is 0.329. The zero-order chi connectivity index (χ0) is 39.4. The molecular weight excluding hydrogens is 753 g/mol. The number of benzene rings is 2. The van der Waals surface area contributed by atoms with Gasteiger partial charge < -0.3 is 24.6 Å². The second-order valence-electron chi connectivity index (χ2n) is 14.5. The number of piperazine rings is 1. The molecule has 1 aliphatic carbocycles. The molecule has 5 rings (SSSR count). The molecule has 0 bridgehead atoms. The van der Waals surface area contributed by atoms with Gasteiger partial charge in [-0.1, -0.05) is 11.6 Å². The summed E-state index contributed by atoms with van der Waals surface area (Å²) in [5.41, 5.74) is 1.10. The lowest BCUT2D eigenvalue weighted by Crippen LogP contribution is -2.55. The lowest BCUT2D eigenvalue weighted by molar-refractivity contribution is -0.187. The van der Waals surface area contributed by atoms with Gasteiger partial charge >= 0.3 is 18.2 Å². The lowest BCUT2D eigenvalue weighted by atomic mass is 10.0. The maximum Gasteiger partial charge on any atom is 0.471 e. The zero-order valence-corrected chi connectivity index (χ0v) is 31.8. The summed E-state index contributed by atoms with van der Waals surface area (Å²) in [5, 5.41) is 12.7. The van der Waals surface area contributed by atoms with Crippen molar-refractivity contribution < 1.29 is 45.4 Å². The average Bonchev–Trinajstić information content (AvgIpc) is 3.46. The number of amides is 3. The highest BCUT2D eigenvalue weighted by Gasteiger charge is 2.45. The number of ether oxygens (including phenoxy) is 2. The molecule has 2 saturated heterocycles. The minimum atomic E-state index is -4.96. The third-order valence-corrected chi connectivity index (χ3v) is 11.3. The van der Waals surface area contributed by atoms with Crippen LogP contribution in [0.2, 0.25) is 5.02 Å². The van der Waals surface area contributed by atoms with Crippen molar-refractivity contribution in [3.8, 4) is 11.8 Å². The first-order valence-corrected chi connectivity index (χ1v) is 19.6. The van der Waals surface area contributed by atoms with E-state index in [1.54, 1.807) is 37.8 Å². The van der Waals surface area contributed by atoms with Crippen molar-refractivity contribution in [3.05, 3.63) is 58.1 Å². The van der Waals surface area contributed by atoms with Crippen LogP contribution in [0.25, 0.3) is 0 Å². The molecular formula is C36H44ClF3N6O7S. The van der Waals surface area contributed by atoms with Crippen LogP contribution in [-0.2, 0) is 30.8 Å². The van der Waals surface area contributed by atoms with Crippen molar-refractivity contribution in [2.45, 2.75) is 87.7 Å². The number of sulfonamides is 1. The Balaban J connectivity index is 1.17. The van der Waals surface area contributed by atoms with Crippen LogP contribution in [0, 0.1) is 11.3 Å². The normalized spacial score (nSPS) is 19.9. The van der Waals surface area contributed by atoms with Gasteiger partial charge in [-0.3, -0.25) is 14.5 Å². The highest BCUT2D eigenvalue weighted by Crippen LogP contribution is 2.41. The molecule has 0 saturated carbocycles. The van der Waals surface area contributed by atoms with E-state index in [1.165, 1.54) is 24.3 Å². The first kappa shape index (κ1) is 41.1. The number of nitrogens with zero attached hydrogens (tertiary/aromatic N) is 4. The SMILES string of the molecule is CC(C)(C)OC(=O)NCCCC(=O)N1CCC(NS(=O)(=O)c2ccc(O[C@H]3c4cc(Cl)cc(C#N)c4C[C@@H]3N3CCN(C(=O)C(F)(F)F)CC3)cc2)CC1. The van der Waals surface area contributed by atoms with Crippen molar-refractivity contribution in [1.29, 1.82) is 5.26 Å². The summed E-state index contributed by atoms with van der Waals surface area (Å²) in [6.07, 6.45) is -4.30. The lowest BCUT2D eigenvalue weighted by Gasteiger charge is -2.40. The fraction of sp³-hybridized carbons (Fsp3) is 0.556. The Morgan fingerprint density at radius 1 is 0.981 bits per heavy atom. The Morgan fingerprint density at radius 3 is 2.22 bits per heavy atom. The van der Waals surface area contributed by atoms with E-state index < -0.39 is 45.9 Å². The molecule has 54 heavy (non-hydrogen) atoms. The van der Waals surface area contributed by atoms with Gasteiger partial charge in [-0.25, -0.2) is 17.9 Å². The second-order valence-corrected chi connectivity index (χ2v) is 16.7. The van der Waals surface area contributed by atoms with Gasteiger partial charge in [0, 0.05) is 63.3 Å². The Kier molecular flexibility index (Phi) is 12.7. The first-order valence-electron chi connectivity index (χ1n) is 17.7. The number of halogens is 4. The largest absolute Gasteiger partial charge is 0.484 e. The van der Waals surface area contributed by atoms with Crippen LogP contribution in [0.15, 0.2) is 41.3 Å². The van der Waals surface area contributed by atoms with Crippen molar-refractivity contribution in [3.63, 3.8) is 0 Å². The number of hydrogen-bond donors (Lipinski definition) is 2. The number of fused-ring (bicyclic) bond motifs is 1. The molecule has 2 aliphatic heterocycles. The molecule has 294 valence electrons. The molecule has 2 atom stereocenters. The molecule has 2 aromatic carbocycles. The summed E-state index contributed by atoms with van der Waals surface area (Å²) in [4.78, 5) is 40.7. The van der Waals surface area contributed by atoms with E-state index in [0.29, 0.717) is 72.8 Å². The highest BCUT2D eigenvalue weighted by atomic mass is 35.5. The van der Waals surface area contributed by atoms with E-state index in [2.05, 4.69) is 16.1 Å². The molecule has 2 aromatic rings. The van der Waals surface area contributed by atoms with Crippen molar-refractivity contribution in [2.24, 2.45) is 0 Å². The molecule has 2 heterocycles. The summed E-state index contributed by atoms with van der Waals surface area (Å²) in [7, 11) is -3.93. The van der Waals surface area contributed by atoms with Crippen LogP contribution in [0.3, 0.4) is 0 Å². The third-order valence-electron chi connectivity index (χ3n) is 9.55. The fourth-order valence-electron chi connectivity index (χ4n) is 6.94. The topological polar surface area (TPSA) is 161 Å². The van der Waals surface area contributed by atoms with E-state index in [-0.39, 0.29) is 49.4 Å². The Labute approximate surface area is 317 Å². The van der Waals surface area contributed by atoms with Crippen LogP contribution >= 0.6 is 11.6 Å². The maximum atomic E-state index is 13.3. The van der Waals surface area contributed by atoms with Crippen LogP contribution in [0.5, 0.6) is 5.75 Å². The minimum absolute atomic E-state index is 0.00878. The van der Waals surface area contributed by atoms with Crippen LogP contribution in [0.4, 0.5) is 18.0 Å². The average molecular weight is 797 g/mol. The number of nitriles is 1. The van der Waals surface area contributed by atoms with Gasteiger partial charge in [-0.05, 0) is 94.0 Å². The number of alkyl halides is 3. The van der Waals surface area contributed by atoms with E-state index in [4.69, 9.17) is 21.1 Å². The molecule has 0 unspecified atom stereocenters. The number of nitrogens with one attached hydrogen (secondary N) is 2. The van der Waals surface area contributed by atoms with Crippen LogP contribution in [0.1, 0.15) is 69.2 Å². The summed E-state index contributed by atoms with van der Waals surface area (Å²) in [5.74, 6) is -1.63. The predicted molar refractivity (Wildman–Crippen MR) is 191 cm³/mol. The Bertz CT molecular complexity index is 1850. The molecule has 18 heteroatoms. The number of hydrogen-bond acceptors (Lipinski definition) is 9. The highest BCUT2D eigenvalue weighted by molar-refractivity contribution is 7.89. The van der Waals surface area contributed by atoms with Gasteiger partial charge in [-0.2, -0.15) is 18.4 Å². The molecule has 0 spiro atoms. The van der Waals surface area contributed by atoms with Crippen molar-refractivity contribution >= 4 is 39.5 Å². The number of likely N-dealkylation sites (tertiary alicyclic amines) is 1. The van der Waals surface area contributed by atoms with Crippen LogP contribution in [-0.4, -0.2) is 111 Å². The van der Waals surface area contributed by atoms with Crippen LogP contribution < -0.4 is 14.8 Å². The van der Waals surface area contributed by atoms with E-state index in [0.717, 1.165) is 4.90 Å². The monoisotopic (exact) mass is 796 g/mol. The Morgan fingerprint density at radius 2 is 1.63 bits per heavy atom. The van der Waals surface area contributed by atoms with Gasteiger partial charge in [-0.15, -0.1) is 0 Å². The second kappa shape index (κ2) is 16.7. The molecule has 0 aromatic heterocycles. The standard InChI is InChI=1S/C36H44ClF3N6O7S/c1-35(2,3)53-34(49)42-12-4-5-31(47)45-13-10-25(11-14-45)43-54(50,51)27-8-6-26(7-9-27)52-32-29-20-24(37)19-23(22-41)28(29)21-30(32)44-15-17-46(18-16-44)33(48)36(38,39)40/h6-9,19-20,25,30,32,43H,4-5,10-18,21H2,1-3H3,(H,42,49)/t30-,32-/m0/s1. The summed E-state index contributed by atoms with van der Waals surface area (Å²) in [6, 6.07) is 10.5. The summed E-state index contributed by atoms with van der Waals surface area (Å²) < 4.78 is 80.2. The number of rotatable bonds is 10.